The number of aromatic nitrogens is 2. The van der Waals surface area contributed by atoms with Crippen molar-refractivity contribution in [2.75, 3.05) is 12.4 Å². The number of nitrogens with one attached hydrogen (secondary N) is 1. The maximum atomic E-state index is 12.5. The van der Waals surface area contributed by atoms with Gasteiger partial charge in [-0.15, -0.1) is 0 Å². The maximum Gasteiger partial charge on any atom is 0.267 e. The van der Waals surface area contributed by atoms with Crippen LogP contribution < -0.4 is 15.6 Å². The van der Waals surface area contributed by atoms with E-state index in [-0.39, 0.29) is 11.5 Å². The third-order valence-electron chi connectivity index (χ3n) is 4.01. The highest BCUT2D eigenvalue weighted by molar-refractivity contribution is 6.31. The first-order valence-electron chi connectivity index (χ1n) is 7.73. The minimum Gasteiger partial charge on any atom is -0.495 e. The molecule has 2 aromatic rings. The summed E-state index contributed by atoms with van der Waals surface area (Å²) in [5.41, 5.74) is 1.00. The minimum atomic E-state index is -0.750. The monoisotopic (exact) mass is 347 g/mol. The van der Waals surface area contributed by atoms with Crippen molar-refractivity contribution < 1.29 is 9.53 Å². The molecule has 0 bridgehead atoms. The van der Waals surface area contributed by atoms with E-state index in [1.165, 1.54) is 17.9 Å². The summed E-state index contributed by atoms with van der Waals surface area (Å²) in [5.74, 6) is 0.533. The van der Waals surface area contributed by atoms with E-state index in [2.05, 4.69) is 10.4 Å². The number of carbonyl (C=O) groups excluding carboxylic acids is 1. The van der Waals surface area contributed by atoms with E-state index in [0.717, 1.165) is 18.5 Å². The molecule has 0 radical (unpaired) electrons. The Bertz CT molecular complexity index is 830. The topological polar surface area (TPSA) is 73.2 Å². The van der Waals surface area contributed by atoms with Crippen molar-refractivity contribution in [3.8, 4) is 5.75 Å². The van der Waals surface area contributed by atoms with E-state index < -0.39 is 6.04 Å². The van der Waals surface area contributed by atoms with Gasteiger partial charge in [0, 0.05) is 17.0 Å². The zero-order valence-corrected chi connectivity index (χ0v) is 14.2. The molecule has 24 heavy (non-hydrogen) atoms. The average molecular weight is 348 g/mol. The van der Waals surface area contributed by atoms with Gasteiger partial charge in [0.2, 0.25) is 5.91 Å². The van der Waals surface area contributed by atoms with Crippen LogP contribution in [-0.4, -0.2) is 22.8 Å². The Morgan fingerprint density at radius 2 is 2.12 bits per heavy atom. The lowest BCUT2D eigenvalue weighted by Gasteiger charge is -2.16. The van der Waals surface area contributed by atoms with E-state index in [1.807, 2.05) is 0 Å². The quantitative estimate of drug-likeness (QED) is 0.902. The molecule has 1 unspecified atom stereocenters. The number of amides is 1. The van der Waals surface area contributed by atoms with Crippen LogP contribution in [0, 0.1) is 0 Å². The second-order valence-corrected chi connectivity index (χ2v) is 6.26. The van der Waals surface area contributed by atoms with Gasteiger partial charge in [-0.1, -0.05) is 11.6 Å². The molecule has 0 saturated heterocycles. The van der Waals surface area contributed by atoms with Crippen LogP contribution >= 0.6 is 11.6 Å². The van der Waals surface area contributed by atoms with Crippen LogP contribution in [0.15, 0.2) is 35.1 Å². The van der Waals surface area contributed by atoms with E-state index in [9.17, 15) is 9.59 Å². The second kappa shape index (κ2) is 6.65. The fourth-order valence-corrected chi connectivity index (χ4v) is 2.61. The molecule has 1 aromatic heterocycles. The molecule has 1 fully saturated rings. The Balaban J connectivity index is 1.84. The van der Waals surface area contributed by atoms with Crippen molar-refractivity contribution >= 4 is 23.2 Å². The van der Waals surface area contributed by atoms with Gasteiger partial charge in [0.1, 0.15) is 11.8 Å². The fraction of sp³-hybridized carbons (Fsp3) is 0.353. The maximum absolute atomic E-state index is 12.5. The van der Waals surface area contributed by atoms with Gasteiger partial charge in [-0.3, -0.25) is 9.59 Å². The number of carbonyl (C=O) groups is 1. The van der Waals surface area contributed by atoms with Crippen molar-refractivity contribution in [1.82, 2.24) is 9.78 Å². The van der Waals surface area contributed by atoms with Crippen LogP contribution in [0.1, 0.15) is 37.4 Å². The molecule has 3 rings (SSSR count). The normalized spacial score (nSPS) is 15.0. The summed E-state index contributed by atoms with van der Waals surface area (Å²) < 4.78 is 6.43. The van der Waals surface area contributed by atoms with Crippen molar-refractivity contribution in [3.05, 3.63) is 51.4 Å². The van der Waals surface area contributed by atoms with Crippen LogP contribution in [0.4, 0.5) is 5.69 Å². The average Bonchev–Trinajstić information content (AvgIpc) is 3.40. The highest BCUT2D eigenvalue weighted by atomic mass is 35.5. The van der Waals surface area contributed by atoms with Gasteiger partial charge >= 0.3 is 0 Å². The Morgan fingerprint density at radius 3 is 2.79 bits per heavy atom. The Hall–Kier alpha value is -2.34. The van der Waals surface area contributed by atoms with Gasteiger partial charge < -0.3 is 10.1 Å². The Morgan fingerprint density at radius 1 is 1.38 bits per heavy atom. The molecule has 1 heterocycles. The van der Waals surface area contributed by atoms with E-state index in [0.29, 0.717) is 22.4 Å². The van der Waals surface area contributed by atoms with Crippen LogP contribution in [-0.2, 0) is 4.79 Å². The number of nitrogens with zero attached hydrogens (tertiary/aromatic N) is 2. The smallest absolute Gasteiger partial charge is 0.267 e. The van der Waals surface area contributed by atoms with Gasteiger partial charge in [0.15, 0.2) is 0 Å². The molecule has 7 heteroatoms. The van der Waals surface area contributed by atoms with Crippen LogP contribution in [0.2, 0.25) is 5.02 Å². The van der Waals surface area contributed by atoms with E-state index in [4.69, 9.17) is 16.3 Å². The van der Waals surface area contributed by atoms with Crippen molar-refractivity contribution in [2.45, 2.75) is 31.7 Å². The van der Waals surface area contributed by atoms with Gasteiger partial charge in [0.25, 0.3) is 5.56 Å². The molecule has 126 valence electrons. The zero-order chi connectivity index (χ0) is 17.3. The molecule has 0 spiro atoms. The molecule has 1 atom stereocenters. The number of hydrogen-bond acceptors (Lipinski definition) is 4. The number of ether oxygens (including phenoxy) is 1. The minimum absolute atomic E-state index is 0.305. The Labute approximate surface area is 144 Å². The highest BCUT2D eigenvalue weighted by Crippen LogP contribution is 2.38. The summed E-state index contributed by atoms with van der Waals surface area (Å²) in [7, 11) is 1.51. The summed E-state index contributed by atoms with van der Waals surface area (Å²) >= 11 is 5.97. The molecule has 0 aliphatic heterocycles. The molecule has 1 aliphatic carbocycles. The first-order valence-corrected chi connectivity index (χ1v) is 8.11. The van der Waals surface area contributed by atoms with Crippen molar-refractivity contribution in [3.63, 3.8) is 0 Å². The van der Waals surface area contributed by atoms with Crippen molar-refractivity contribution in [1.29, 1.82) is 0 Å². The number of rotatable bonds is 5. The molecular weight excluding hydrogens is 330 g/mol. The van der Waals surface area contributed by atoms with Crippen LogP contribution in [0.25, 0.3) is 0 Å². The fourth-order valence-electron chi connectivity index (χ4n) is 2.44. The summed E-state index contributed by atoms with van der Waals surface area (Å²) in [5, 5.41) is 7.56. The SMILES string of the molecule is COc1ccc(Cl)cc1NC(=O)C(C)n1nc(C2CC2)ccc1=O. The zero-order valence-electron chi connectivity index (χ0n) is 13.5. The molecule has 1 N–H and O–H groups in total. The van der Waals surface area contributed by atoms with Crippen LogP contribution in [0.5, 0.6) is 5.75 Å². The number of methoxy groups -OCH3 is 1. The summed E-state index contributed by atoms with van der Waals surface area (Å²) in [6.07, 6.45) is 2.15. The lowest BCUT2D eigenvalue weighted by molar-refractivity contribution is -0.119. The van der Waals surface area contributed by atoms with Gasteiger partial charge in [0.05, 0.1) is 18.5 Å². The van der Waals surface area contributed by atoms with Crippen LogP contribution in [0.3, 0.4) is 0 Å². The summed E-state index contributed by atoms with van der Waals surface area (Å²) in [6.45, 7) is 1.64. The first kappa shape index (κ1) is 16.5. The molecule has 1 aliphatic rings. The predicted octanol–water partition coefficient (Wildman–Crippen LogP) is 2.98. The number of benzene rings is 1. The summed E-state index contributed by atoms with van der Waals surface area (Å²) in [6, 6.07) is 7.39. The van der Waals surface area contributed by atoms with Gasteiger partial charge in [-0.25, -0.2) is 4.68 Å². The third kappa shape index (κ3) is 3.43. The molecule has 6 nitrogen and oxygen atoms in total. The Kier molecular flexibility index (Phi) is 4.57. The van der Waals surface area contributed by atoms with Crippen molar-refractivity contribution in [2.24, 2.45) is 0 Å². The van der Waals surface area contributed by atoms with E-state index >= 15 is 0 Å². The lowest BCUT2D eigenvalue weighted by Crippen LogP contribution is -2.33. The largest absolute Gasteiger partial charge is 0.495 e. The van der Waals surface area contributed by atoms with Gasteiger partial charge in [-0.05, 0) is 44.0 Å². The van der Waals surface area contributed by atoms with E-state index in [1.54, 1.807) is 31.2 Å². The molecule has 1 aromatic carbocycles. The number of anilines is 1. The first-order chi connectivity index (χ1) is 11.5. The second-order valence-electron chi connectivity index (χ2n) is 5.83. The molecular formula is C17H18ClN3O3. The summed E-state index contributed by atoms with van der Waals surface area (Å²) in [4.78, 5) is 24.6. The standard InChI is InChI=1S/C17H18ClN3O3/c1-10(21-16(22)8-6-13(20-21)11-3-4-11)17(23)19-14-9-12(18)5-7-15(14)24-2/h5-11H,3-4H2,1-2H3,(H,19,23). The predicted molar refractivity (Wildman–Crippen MR) is 91.8 cm³/mol. The number of hydrogen-bond donors (Lipinski definition) is 1. The molecule has 1 saturated carbocycles. The third-order valence-corrected chi connectivity index (χ3v) is 4.24. The lowest BCUT2D eigenvalue weighted by atomic mass is 10.2. The molecule has 1 amide bonds. The highest BCUT2D eigenvalue weighted by Gasteiger charge is 2.27. The number of halogens is 1. The van der Waals surface area contributed by atoms with Gasteiger partial charge in [-0.2, -0.15) is 5.10 Å².